The van der Waals surface area contributed by atoms with Crippen molar-refractivity contribution in [2.45, 2.75) is 0 Å². The highest BCUT2D eigenvalue weighted by Crippen LogP contribution is 2.44. The first-order valence-electron chi connectivity index (χ1n) is 8.88. The smallest absolute Gasteiger partial charge is 0.150 e. The van der Waals surface area contributed by atoms with E-state index in [0.29, 0.717) is 0 Å². The van der Waals surface area contributed by atoms with Gasteiger partial charge in [0.15, 0.2) is 8.15 Å². The molecule has 27 heavy (non-hydrogen) atoms. The van der Waals surface area contributed by atoms with Crippen molar-refractivity contribution in [3.63, 3.8) is 0 Å². The first kappa shape index (κ1) is 16.5. The normalized spacial score (nSPS) is 11.3. The predicted molar refractivity (Wildman–Crippen MR) is 119 cm³/mol. The summed E-state index contributed by atoms with van der Waals surface area (Å²) < 4.78 is 9.22. The van der Waals surface area contributed by atoms with Gasteiger partial charge in [-0.15, -0.1) is 11.3 Å². The monoisotopic (exact) mass is 384 g/mol. The number of thiophene rings is 1. The Morgan fingerprint density at radius 1 is 0.556 bits per heavy atom. The zero-order valence-electron chi connectivity index (χ0n) is 14.6. The summed E-state index contributed by atoms with van der Waals surface area (Å²) >= 11 is 1.81. The molecule has 0 spiro atoms. The summed E-state index contributed by atoms with van der Waals surface area (Å²) in [6, 6.07) is 36.0. The van der Waals surface area contributed by atoms with E-state index >= 15 is 0 Å². The maximum absolute atomic E-state index is 6.70. The molecule has 5 rings (SSSR count). The van der Waals surface area contributed by atoms with Gasteiger partial charge in [-0.05, 0) is 12.1 Å². The van der Waals surface area contributed by atoms with Crippen molar-refractivity contribution in [2.75, 3.05) is 0 Å². The summed E-state index contributed by atoms with van der Waals surface area (Å²) in [4.78, 5) is 0. The van der Waals surface area contributed by atoms with E-state index in [9.17, 15) is 0 Å². The van der Waals surface area contributed by atoms with Crippen molar-refractivity contribution < 1.29 is 4.52 Å². The van der Waals surface area contributed by atoms with Gasteiger partial charge >= 0.3 is 0 Å². The Hall–Kier alpha value is -2.67. The molecule has 0 aliphatic carbocycles. The molecular formula is C24H17OPS. The van der Waals surface area contributed by atoms with Gasteiger partial charge in [-0.25, -0.2) is 0 Å². The molecule has 0 amide bonds. The Morgan fingerprint density at radius 2 is 1.15 bits per heavy atom. The van der Waals surface area contributed by atoms with Crippen LogP contribution in [0, 0.1) is 0 Å². The van der Waals surface area contributed by atoms with Gasteiger partial charge in [-0.1, -0.05) is 91.0 Å². The SMILES string of the molecule is c1ccc(P(Oc2cccc3c2sc2ccccc23)c2ccccc2)cc1. The van der Waals surface area contributed by atoms with Gasteiger partial charge in [0.25, 0.3) is 0 Å². The summed E-state index contributed by atoms with van der Waals surface area (Å²) in [5.41, 5.74) is 0. The van der Waals surface area contributed by atoms with Gasteiger partial charge in [-0.3, -0.25) is 0 Å². The average Bonchev–Trinajstić information content (AvgIpc) is 3.13. The van der Waals surface area contributed by atoms with Crippen LogP contribution in [0.1, 0.15) is 0 Å². The maximum atomic E-state index is 6.70. The molecule has 0 N–H and O–H groups in total. The third-order valence-electron chi connectivity index (χ3n) is 4.54. The highest BCUT2D eigenvalue weighted by Gasteiger charge is 2.19. The van der Waals surface area contributed by atoms with E-state index in [0.717, 1.165) is 5.75 Å². The van der Waals surface area contributed by atoms with Gasteiger partial charge in [0.2, 0.25) is 0 Å². The number of hydrogen-bond donors (Lipinski definition) is 0. The van der Waals surface area contributed by atoms with Crippen molar-refractivity contribution in [2.24, 2.45) is 0 Å². The number of rotatable bonds is 4. The first-order valence-corrected chi connectivity index (χ1v) is 11.0. The Labute approximate surface area is 163 Å². The Bertz CT molecular complexity index is 1160. The Morgan fingerprint density at radius 3 is 1.85 bits per heavy atom. The molecule has 0 saturated heterocycles. The lowest BCUT2D eigenvalue weighted by Crippen LogP contribution is -2.15. The summed E-state index contributed by atoms with van der Waals surface area (Å²) in [5.74, 6) is 0.965. The summed E-state index contributed by atoms with van der Waals surface area (Å²) in [6.45, 7) is 0. The lowest BCUT2D eigenvalue weighted by atomic mass is 10.1. The summed E-state index contributed by atoms with van der Waals surface area (Å²) in [6.07, 6.45) is 0. The fourth-order valence-electron chi connectivity index (χ4n) is 3.27. The van der Waals surface area contributed by atoms with Crippen LogP contribution in [0.2, 0.25) is 0 Å². The van der Waals surface area contributed by atoms with Gasteiger partial charge in [0.1, 0.15) is 5.75 Å². The third kappa shape index (κ3) is 3.12. The number of benzene rings is 4. The van der Waals surface area contributed by atoms with Gasteiger partial charge in [-0.2, -0.15) is 0 Å². The lowest BCUT2D eigenvalue weighted by molar-refractivity contribution is 0.639. The molecule has 5 aromatic rings. The molecule has 4 aromatic carbocycles. The first-order chi connectivity index (χ1) is 13.4. The minimum absolute atomic E-state index is 0.923. The van der Waals surface area contributed by atoms with Gasteiger partial charge in [0.05, 0.1) is 4.70 Å². The molecule has 0 aliphatic heterocycles. The molecule has 0 aliphatic rings. The molecule has 130 valence electrons. The van der Waals surface area contributed by atoms with E-state index in [1.165, 1.54) is 30.8 Å². The average molecular weight is 384 g/mol. The molecule has 0 radical (unpaired) electrons. The molecule has 1 nitrogen and oxygen atoms in total. The fourth-order valence-corrected chi connectivity index (χ4v) is 6.23. The van der Waals surface area contributed by atoms with Crippen LogP contribution in [0.4, 0.5) is 0 Å². The number of hydrogen-bond acceptors (Lipinski definition) is 2. The quantitative estimate of drug-likeness (QED) is 0.322. The van der Waals surface area contributed by atoms with Crippen molar-refractivity contribution >= 4 is 50.3 Å². The van der Waals surface area contributed by atoms with Crippen molar-refractivity contribution in [3.05, 3.63) is 103 Å². The van der Waals surface area contributed by atoms with Crippen LogP contribution in [0.25, 0.3) is 20.2 Å². The standard InChI is InChI=1S/C24H17OPS/c1-3-10-18(11-4-1)26(19-12-5-2-6-13-19)25-22-16-9-15-21-20-14-7-8-17-23(20)27-24(21)22/h1-17H. The van der Waals surface area contributed by atoms with Crippen LogP contribution in [0.5, 0.6) is 5.75 Å². The van der Waals surface area contributed by atoms with Crippen molar-refractivity contribution in [1.82, 2.24) is 0 Å². The van der Waals surface area contributed by atoms with Crippen LogP contribution < -0.4 is 15.1 Å². The van der Waals surface area contributed by atoms with Crippen LogP contribution in [0.15, 0.2) is 103 Å². The number of fused-ring (bicyclic) bond motifs is 3. The molecule has 0 bridgehead atoms. The van der Waals surface area contributed by atoms with E-state index in [4.69, 9.17) is 4.52 Å². The Balaban J connectivity index is 1.65. The molecule has 3 heteroatoms. The van der Waals surface area contributed by atoms with E-state index in [1.54, 1.807) is 11.3 Å². The minimum Gasteiger partial charge on any atom is -0.463 e. The van der Waals surface area contributed by atoms with Crippen LogP contribution in [-0.4, -0.2) is 0 Å². The van der Waals surface area contributed by atoms with Crippen LogP contribution >= 0.6 is 19.5 Å². The molecule has 0 unspecified atom stereocenters. The maximum Gasteiger partial charge on any atom is 0.150 e. The zero-order chi connectivity index (χ0) is 18.1. The Kier molecular flexibility index (Phi) is 4.37. The molecule has 1 heterocycles. The largest absolute Gasteiger partial charge is 0.463 e. The summed E-state index contributed by atoms with van der Waals surface area (Å²) in [5, 5.41) is 5.00. The second kappa shape index (κ2) is 7.15. The topological polar surface area (TPSA) is 9.23 Å². The van der Waals surface area contributed by atoms with E-state index < -0.39 is 8.15 Å². The van der Waals surface area contributed by atoms with Crippen molar-refractivity contribution in [3.8, 4) is 5.75 Å². The second-order valence-electron chi connectivity index (χ2n) is 6.29. The van der Waals surface area contributed by atoms with Crippen LogP contribution in [-0.2, 0) is 0 Å². The van der Waals surface area contributed by atoms with Gasteiger partial charge in [0, 0.05) is 26.1 Å². The van der Waals surface area contributed by atoms with E-state index in [1.807, 2.05) is 0 Å². The molecule has 0 fully saturated rings. The zero-order valence-corrected chi connectivity index (χ0v) is 16.3. The summed E-state index contributed by atoms with van der Waals surface area (Å²) in [7, 11) is -0.923. The van der Waals surface area contributed by atoms with Crippen molar-refractivity contribution in [1.29, 1.82) is 0 Å². The molecule has 0 saturated carbocycles. The predicted octanol–water partition coefficient (Wildman–Crippen LogP) is 6.48. The molecule has 1 aromatic heterocycles. The highest BCUT2D eigenvalue weighted by atomic mass is 32.1. The van der Waals surface area contributed by atoms with E-state index in [2.05, 4.69) is 103 Å². The highest BCUT2D eigenvalue weighted by molar-refractivity contribution is 7.68. The molecule has 0 atom stereocenters. The second-order valence-corrected chi connectivity index (χ2v) is 9.14. The van der Waals surface area contributed by atoms with Crippen LogP contribution in [0.3, 0.4) is 0 Å². The molecular weight excluding hydrogens is 367 g/mol. The minimum atomic E-state index is -0.923. The lowest BCUT2D eigenvalue weighted by Gasteiger charge is -2.19. The van der Waals surface area contributed by atoms with Gasteiger partial charge < -0.3 is 4.52 Å². The fraction of sp³-hybridized carbons (Fsp3) is 0. The van der Waals surface area contributed by atoms with E-state index in [-0.39, 0.29) is 0 Å². The third-order valence-corrected chi connectivity index (χ3v) is 7.65.